The molecule has 0 spiro atoms. The van der Waals surface area contributed by atoms with Gasteiger partial charge in [-0.05, 0) is 13.0 Å². The fourth-order valence-electron chi connectivity index (χ4n) is 1.52. The molecular formula is C13H14BrNO2S. The molecule has 0 bridgehead atoms. The lowest BCUT2D eigenvalue weighted by Gasteiger charge is -2.10. The number of rotatable bonds is 5. The molecule has 1 aromatic heterocycles. The Morgan fingerprint density at radius 1 is 1.39 bits per heavy atom. The number of halogens is 1. The molecule has 2 rings (SSSR count). The van der Waals surface area contributed by atoms with Crippen LogP contribution in [0.25, 0.3) is 0 Å². The van der Waals surface area contributed by atoms with E-state index in [2.05, 4.69) is 20.9 Å². The first kappa shape index (κ1) is 13.4. The molecule has 18 heavy (non-hydrogen) atoms. The molecule has 0 atom stereocenters. The number of alkyl halides is 1. The van der Waals surface area contributed by atoms with Crippen LogP contribution in [0.15, 0.2) is 23.6 Å². The molecule has 0 amide bonds. The smallest absolute Gasteiger partial charge is 0.140 e. The molecule has 0 aliphatic heterocycles. The Morgan fingerprint density at radius 3 is 2.83 bits per heavy atom. The lowest BCUT2D eigenvalue weighted by molar-refractivity contribution is 0.300. The van der Waals surface area contributed by atoms with E-state index in [1.807, 2.05) is 30.5 Å². The Balaban J connectivity index is 2.11. The van der Waals surface area contributed by atoms with Crippen LogP contribution in [0.2, 0.25) is 0 Å². The zero-order chi connectivity index (χ0) is 13.0. The number of ether oxygens (including phenoxy) is 2. The molecule has 0 unspecified atom stereocenters. The molecule has 96 valence electrons. The predicted molar refractivity (Wildman–Crippen MR) is 76.8 cm³/mol. The van der Waals surface area contributed by atoms with E-state index in [-0.39, 0.29) is 0 Å². The summed E-state index contributed by atoms with van der Waals surface area (Å²) in [6, 6.07) is 5.82. The molecule has 0 N–H and O–H groups in total. The average Bonchev–Trinajstić information content (AvgIpc) is 2.81. The van der Waals surface area contributed by atoms with E-state index < -0.39 is 0 Å². The monoisotopic (exact) mass is 327 g/mol. The van der Waals surface area contributed by atoms with E-state index in [0.717, 1.165) is 33.1 Å². The summed E-state index contributed by atoms with van der Waals surface area (Å²) in [6.45, 7) is 2.47. The second kappa shape index (κ2) is 6.20. The molecule has 3 nitrogen and oxygen atoms in total. The molecule has 0 fully saturated rings. The topological polar surface area (TPSA) is 31.4 Å². The van der Waals surface area contributed by atoms with Crippen LogP contribution in [0.4, 0.5) is 0 Å². The van der Waals surface area contributed by atoms with Crippen molar-refractivity contribution in [3.05, 3.63) is 39.8 Å². The van der Waals surface area contributed by atoms with Gasteiger partial charge in [0, 0.05) is 28.0 Å². The first-order chi connectivity index (χ1) is 8.72. The van der Waals surface area contributed by atoms with Gasteiger partial charge in [0.15, 0.2) is 0 Å². The Morgan fingerprint density at radius 2 is 2.22 bits per heavy atom. The van der Waals surface area contributed by atoms with Crippen molar-refractivity contribution >= 4 is 27.3 Å². The van der Waals surface area contributed by atoms with Crippen LogP contribution in [-0.2, 0) is 11.9 Å². The summed E-state index contributed by atoms with van der Waals surface area (Å²) in [5.74, 6) is 1.63. The zero-order valence-electron chi connectivity index (χ0n) is 10.3. The standard InChI is InChI=1S/C13H14BrNO2S/c1-9-8-18-13(15-9)7-17-12-5-11(16-2)4-3-10(12)6-14/h3-5,8H,6-7H2,1-2H3. The molecule has 0 aliphatic rings. The molecule has 1 aromatic carbocycles. The number of nitrogens with zero attached hydrogens (tertiary/aromatic N) is 1. The summed E-state index contributed by atoms with van der Waals surface area (Å²) in [7, 11) is 1.65. The van der Waals surface area contributed by atoms with E-state index in [0.29, 0.717) is 6.61 Å². The Hall–Kier alpha value is -1.07. The third kappa shape index (κ3) is 3.23. The second-order valence-corrected chi connectivity index (χ2v) is 5.28. The summed E-state index contributed by atoms with van der Waals surface area (Å²) in [6.07, 6.45) is 0. The minimum absolute atomic E-state index is 0.492. The van der Waals surface area contributed by atoms with Gasteiger partial charge in [0.05, 0.1) is 7.11 Å². The predicted octanol–water partition coefficient (Wildman–Crippen LogP) is 3.93. The molecule has 1 heterocycles. The Bertz CT molecular complexity index is 527. The van der Waals surface area contributed by atoms with Crippen molar-refractivity contribution in [2.45, 2.75) is 18.9 Å². The van der Waals surface area contributed by atoms with Gasteiger partial charge >= 0.3 is 0 Å². The first-order valence-electron chi connectivity index (χ1n) is 5.49. The van der Waals surface area contributed by atoms with Crippen molar-refractivity contribution < 1.29 is 9.47 Å². The van der Waals surface area contributed by atoms with Gasteiger partial charge < -0.3 is 9.47 Å². The van der Waals surface area contributed by atoms with Crippen LogP contribution < -0.4 is 9.47 Å². The van der Waals surface area contributed by atoms with E-state index >= 15 is 0 Å². The highest BCUT2D eigenvalue weighted by atomic mass is 79.9. The minimum atomic E-state index is 0.492. The first-order valence-corrected chi connectivity index (χ1v) is 7.49. The summed E-state index contributed by atoms with van der Waals surface area (Å²) < 4.78 is 11.0. The van der Waals surface area contributed by atoms with Gasteiger partial charge in [-0.15, -0.1) is 11.3 Å². The molecule has 5 heteroatoms. The maximum Gasteiger partial charge on any atom is 0.140 e. The van der Waals surface area contributed by atoms with Crippen LogP contribution in [0.5, 0.6) is 11.5 Å². The summed E-state index contributed by atoms with van der Waals surface area (Å²) in [5, 5.41) is 3.76. The van der Waals surface area contributed by atoms with E-state index in [1.54, 1.807) is 18.4 Å². The van der Waals surface area contributed by atoms with Crippen molar-refractivity contribution in [2.24, 2.45) is 0 Å². The third-order valence-electron chi connectivity index (χ3n) is 2.44. The SMILES string of the molecule is COc1ccc(CBr)c(OCc2nc(C)cs2)c1. The number of methoxy groups -OCH3 is 1. The highest BCUT2D eigenvalue weighted by Gasteiger charge is 2.06. The van der Waals surface area contributed by atoms with Gasteiger partial charge in [0.2, 0.25) is 0 Å². The van der Waals surface area contributed by atoms with Gasteiger partial charge in [-0.2, -0.15) is 0 Å². The zero-order valence-corrected chi connectivity index (χ0v) is 12.7. The van der Waals surface area contributed by atoms with Crippen LogP contribution >= 0.6 is 27.3 Å². The normalized spacial score (nSPS) is 10.4. The Labute approximate surface area is 119 Å². The fraction of sp³-hybridized carbons (Fsp3) is 0.308. The van der Waals surface area contributed by atoms with E-state index in [4.69, 9.17) is 9.47 Å². The highest BCUT2D eigenvalue weighted by molar-refractivity contribution is 9.08. The Kier molecular flexibility index (Phi) is 4.60. The highest BCUT2D eigenvalue weighted by Crippen LogP contribution is 2.27. The second-order valence-electron chi connectivity index (χ2n) is 3.78. The van der Waals surface area contributed by atoms with Gasteiger partial charge in [-0.25, -0.2) is 4.98 Å². The van der Waals surface area contributed by atoms with E-state index in [1.165, 1.54) is 0 Å². The molecule has 2 aromatic rings. The number of thiazole rings is 1. The van der Waals surface area contributed by atoms with Gasteiger partial charge in [-0.1, -0.05) is 22.0 Å². The molecule has 0 saturated carbocycles. The maximum absolute atomic E-state index is 5.81. The number of aromatic nitrogens is 1. The lowest BCUT2D eigenvalue weighted by Crippen LogP contribution is -1.98. The number of hydrogen-bond donors (Lipinski definition) is 0. The molecule has 0 aliphatic carbocycles. The van der Waals surface area contributed by atoms with Crippen LogP contribution in [0.3, 0.4) is 0 Å². The minimum Gasteiger partial charge on any atom is -0.497 e. The average molecular weight is 328 g/mol. The van der Waals surface area contributed by atoms with Crippen molar-refractivity contribution in [1.29, 1.82) is 0 Å². The van der Waals surface area contributed by atoms with Gasteiger partial charge in [0.1, 0.15) is 23.1 Å². The van der Waals surface area contributed by atoms with Crippen LogP contribution in [0, 0.1) is 6.92 Å². The number of hydrogen-bond acceptors (Lipinski definition) is 4. The van der Waals surface area contributed by atoms with Gasteiger partial charge in [-0.3, -0.25) is 0 Å². The van der Waals surface area contributed by atoms with Crippen molar-refractivity contribution in [3.8, 4) is 11.5 Å². The quantitative estimate of drug-likeness (QED) is 0.779. The van der Waals surface area contributed by atoms with Crippen LogP contribution in [-0.4, -0.2) is 12.1 Å². The largest absolute Gasteiger partial charge is 0.497 e. The molecule has 0 saturated heterocycles. The lowest BCUT2D eigenvalue weighted by atomic mass is 10.2. The summed E-state index contributed by atoms with van der Waals surface area (Å²) in [5.41, 5.74) is 2.13. The third-order valence-corrected chi connectivity index (χ3v) is 3.98. The molecule has 0 radical (unpaired) electrons. The summed E-state index contributed by atoms with van der Waals surface area (Å²) >= 11 is 5.06. The van der Waals surface area contributed by atoms with Crippen molar-refractivity contribution in [3.63, 3.8) is 0 Å². The van der Waals surface area contributed by atoms with Crippen molar-refractivity contribution in [1.82, 2.24) is 4.98 Å². The fourth-order valence-corrected chi connectivity index (χ4v) is 2.66. The number of benzene rings is 1. The van der Waals surface area contributed by atoms with Crippen LogP contribution in [0.1, 0.15) is 16.3 Å². The van der Waals surface area contributed by atoms with Gasteiger partial charge in [0.25, 0.3) is 0 Å². The number of aryl methyl sites for hydroxylation is 1. The maximum atomic E-state index is 5.81. The summed E-state index contributed by atoms with van der Waals surface area (Å²) in [4.78, 5) is 4.37. The van der Waals surface area contributed by atoms with E-state index in [9.17, 15) is 0 Å². The molecular weight excluding hydrogens is 314 g/mol. The van der Waals surface area contributed by atoms with Crippen molar-refractivity contribution in [2.75, 3.05) is 7.11 Å².